The first kappa shape index (κ1) is 10.6. The SMILES string of the molecule is CC(=O)N[C@@H]1CCC[C@@H](C(C)C)C1. The quantitative estimate of drug-likeness (QED) is 0.699. The second-order valence-electron chi connectivity index (χ2n) is 4.57. The van der Waals surface area contributed by atoms with E-state index in [2.05, 4.69) is 19.2 Å². The van der Waals surface area contributed by atoms with Crippen molar-refractivity contribution in [1.29, 1.82) is 0 Å². The molecule has 0 bridgehead atoms. The van der Waals surface area contributed by atoms with Crippen LogP contribution in [0.5, 0.6) is 0 Å². The molecule has 1 fully saturated rings. The van der Waals surface area contributed by atoms with Gasteiger partial charge in [-0.05, 0) is 24.7 Å². The summed E-state index contributed by atoms with van der Waals surface area (Å²) in [5.74, 6) is 1.69. The van der Waals surface area contributed by atoms with Gasteiger partial charge in [-0.2, -0.15) is 0 Å². The molecule has 2 atom stereocenters. The summed E-state index contributed by atoms with van der Waals surface area (Å²) in [6.07, 6.45) is 4.96. The molecule has 0 aromatic carbocycles. The first-order chi connectivity index (χ1) is 6.09. The normalized spacial score (nSPS) is 28.9. The third-order valence-electron chi connectivity index (χ3n) is 3.06. The number of carbonyl (C=O) groups excluding carboxylic acids is 1. The summed E-state index contributed by atoms with van der Waals surface area (Å²) in [5.41, 5.74) is 0. The van der Waals surface area contributed by atoms with Gasteiger partial charge in [-0.15, -0.1) is 0 Å². The van der Waals surface area contributed by atoms with E-state index in [1.165, 1.54) is 25.7 Å². The molecule has 0 aromatic heterocycles. The van der Waals surface area contributed by atoms with Crippen molar-refractivity contribution in [3.05, 3.63) is 0 Å². The van der Waals surface area contributed by atoms with E-state index >= 15 is 0 Å². The molecule has 1 aliphatic carbocycles. The summed E-state index contributed by atoms with van der Waals surface area (Å²) in [6.45, 7) is 6.17. The highest BCUT2D eigenvalue weighted by Crippen LogP contribution is 2.29. The number of carbonyl (C=O) groups is 1. The van der Waals surface area contributed by atoms with Crippen LogP contribution in [-0.4, -0.2) is 11.9 Å². The monoisotopic (exact) mass is 183 g/mol. The molecule has 0 aromatic rings. The Hall–Kier alpha value is -0.530. The Labute approximate surface area is 81.1 Å². The summed E-state index contributed by atoms with van der Waals surface area (Å²) < 4.78 is 0. The first-order valence-corrected chi connectivity index (χ1v) is 5.36. The molecule has 1 rings (SSSR count). The van der Waals surface area contributed by atoms with Gasteiger partial charge in [-0.3, -0.25) is 4.79 Å². The van der Waals surface area contributed by atoms with Crippen LogP contribution in [0.4, 0.5) is 0 Å². The van der Waals surface area contributed by atoms with E-state index in [1.807, 2.05) is 0 Å². The first-order valence-electron chi connectivity index (χ1n) is 5.36. The van der Waals surface area contributed by atoms with E-state index in [1.54, 1.807) is 6.92 Å². The predicted molar refractivity (Wildman–Crippen MR) is 54.4 cm³/mol. The molecule has 0 unspecified atom stereocenters. The van der Waals surface area contributed by atoms with Crippen LogP contribution < -0.4 is 5.32 Å². The fraction of sp³-hybridized carbons (Fsp3) is 0.909. The van der Waals surface area contributed by atoms with Crippen LogP contribution in [-0.2, 0) is 4.79 Å². The fourth-order valence-corrected chi connectivity index (χ4v) is 2.25. The van der Waals surface area contributed by atoms with Gasteiger partial charge in [0.15, 0.2) is 0 Å². The lowest BCUT2D eigenvalue weighted by Gasteiger charge is -2.31. The number of hydrogen-bond acceptors (Lipinski definition) is 1. The number of nitrogens with one attached hydrogen (secondary N) is 1. The highest BCUT2D eigenvalue weighted by atomic mass is 16.1. The van der Waals surface area contributed by atoms with E-state index < -0.39 is 0 Å². The van der Waals surface area contributed by atoms with Crippen molar-refractivity contribution in [2.45, 2.75) is 52.5 Å². The minimum Gasteiger partial charge on any atom is -0.354 e. The Kier molecular flexibility index (Phi) is 3.76. The third kappa shape index (κ3) is 3.37. The van der Waals surface area contributed by atoms with Gasteiger partial charge in [-0.25, -0.2) is 0 Å². The molecular weight excluding hydrogens is 162 g/mol. The van der Waals surface area contributed by atoms with Crippen LogP contribution in [0.15, 0.2) is 0 Å². The molecule has 76 valence electrons. The van der Waals surface area contributed by atoms with Gasteiger partial charge >= 0.3 is 0 Å². The van der Waals surface area contributed by atoms with Crippen LogP contribution in [0.3, 0.4) is 0 Å². The Balaban J connectivity index is 2.37. The topological polar surface area (TPSA) is 29.1 Å². The average molecular weight is 183 g/mol. The molecule has 2 nitrogen and oxygen atoms in total. The van der Waals surface area contributed by atoms with Crippen molar-refractivity contribution >= 4 is 5.91 Å². The maximum Gasteiger partial charge on any atom is 0.217 e. The van der Waals surface area contributed by atoms with Crippen molar-refractivity contribution in [1.82, 2.24) is 5.32 Å². The predicted octanol–water partition coefficient (Wildman–Crippen LogP) is 2.34. The minimum atomic E-state index is 0.120. The summed E-state index contributed by atoms with van der Waals surface area (Å²) in [6, 6.07) is 0.443. The molecule has 1 aliphatic rings. The summed E-state index contributed by atoms with van der Waals surface area (Å²) in [7, 11) is 0. The van der Waals surface area contributed by atoms with Gasteiger partial charge in [0.1, 0.15) is 0 Å². The average Bonchev–Trinajstić information content (AvgIpc) is 2.03. The van der Waals surface area contributed by atoms with Crippen LogP contribution in [0.25, 0.3) is 0 Å². The van der Waals surface area contributed by atoms with Crippen molar-refractivity contribution in [2.75, 3.05) is 0 Å². The van der Waals surface area contributed by atoms with Crippen LogP contribution in [0.1, 0.15) is 46.5 Å². The molecule has 2 heteroatoms. The second-order valence-corrected chi connectivity index (χ2v) is 4.57. The molecule has 1 saturated carbocycles. The second kappa shape index (κ2) is 4.64. The largest absolute Gasteiger partial charge is 0.354 e. The molecule has 1 amide bonds. The van der Waals surface area contributed by atoms with Crippen molar-refractivity contribution < 1.29 is 4.79 Å². The zero-order valence-electron chi connectivity index (χ0n) is 8.97. The van der Waals surface area contributed by atoms with Gasteiger partial charge in [-0.1, -0.05) is 26.7 Å². The maximum atomic E-state index is 10.9. The molecule has 0 aliphatic heterocycles. The van der Waals surface area contributed by atoms with Gasteiger partial charge in [0.05, 0.1) is 0 Å². The highest BCUT2D eigenvalue weighted by molar-refractivity contribution is 5.73. The Morgan fingerprint density at radius 3 is 2.62 bits per heavy atom. The molecule has 0 saturated heterocycles. The molecule has 1 N–H and O–H groups in total. The molecule has 0 radical (unpaired) electrons. The fourth-order valence-electron chi connectivity index (χ4n) is 2.25. The molecule has 13 heavy (non-hydrogen) atoms. The van der Waals surface area contributed by atoms with Crippen molar-refractivity contribution in [3.8, 4) is 0 Å². The molecule has 0 spiro atoms. The zero-order valence-corrected chi connectivity index (χ0v) is 8.97. The van der Waals surface area contributed by atoms with Crippen LogP contribution >= 0.6 is 0 Å². The molecular formula is C11H21NO. The Morgan fingerprint density at radius 2 is 2.08 bits per heavy atom. The van der Waals surface area contributed by atoms with Gasteiger partial charge < -0.3 is 5.32 Å². The van der Waals surface area contributed by atoms with E-state index in [-0.39, 0.29) is 5.91 Å². The van der Waals surface area contributed by atoms with Gasteiger partial charge in [0, 0.05) is 13.0 Å². The third-order valence-corrected chi connectivity index (χ3v) is 3.06. The molecule has 0 heterocycles. The lowest BCUT2D eigenvalue weighted by molar-refractivity contribution is -0.120. The Morgan fingerprint density at radius 1 is 1.38 bits per heavy atom. The van der Waals surface area contributed by atoms with Gasteiger partial charge in [0.2, 0.25) is 5.91 Å². The lowest BCUT2D eigenvalue weighted by atomic mass is 9.79. The van der Waals surface area contributed by atoms with E-state index in [0.29, 0.717) is 6.04 Å². The minimum absolute atomic E-state index is 0.120. The van der Waals surface area contributed by atoms with Gasteiger partial charge in [0.25, 0.3) is 0 Å². The van der Waals surface area contributed by atoms with Crippen molar-refractivity contribution in [3.63, 3.8) is 0 Å². The van der Waals surface area contributed by atoms with Crippen LogP contribution in [0.2, 0.25) is 0 Å². The summed E-state index contributed by atoms with van der Waals surface area (Å²) >= 11 is 0. The highest BCUT2D eigenvalue weighted by Gasteiger charge is 2.24. The zero-order chi connectivity index (χ0) is 9.84. The van der Waals surface area contributed by atoms with E-state index in [0.717, 1.165) is 11.8 Å². The summed E-state index contributed by atoms with van der Waals surface area (Å²) in [5, 5.41) is 3.03. The van der Waals surface area contributed by atoms with E-state index in [9.17, 15) is 4.79 Å². The number of amides is 1. The Bertz CT molecular complexity index is 177. The van der Waals surface area contributed by atoms with Crippen molar-refractivity contribution in [2.24, 2.45) is 11.8 Å². The van der Waals surface area contributed by atoms with E-state index in [4.69, 9.17) is 0 Å². The number of rotatable bonds is 2. The lowest BCUT2D eigenvalue weighted by Crippen LogP contribution is -2.38. The number of hydrogen-bond donors (Lipinski definition) is 1. The van der Waals surface area contributed by atoms with Crippen LogP contribution in [0, 0.1) is 11.8 Å². The standard InChI is InChI=1S/C11H21NO/c1-8(2)10-5-4-6-11(7-10)12-9(3)13/h8,10-11H,4-7H2,1-3H3,(H,12,13)/t10-,11-/m1/s1. The summed E-state index contributed by atoms with van der Waals surface area (Å²) in [4.78, 5) is 10.9. The maximum absolute atomic E-state index is 10.9. The smallest absolute Gasteiger partial charge is 0.217 e.